The van der Waals surface area contributed by atoms with Gasteiger partial charge in [0.15, 0.2) is 6.10 Å². The fourth-order valence-electron chi connectivity index (χ4n) is 13.0. The second kappa shape index (κ2) is 12.3. The number of hydrogen-bond acceptors (Lipinski definition) is 8. The van der Waals surface area contributed by atoms with E-state index >= 15 is 0 Å². The number of nitrogens with one attached hydrogen (secondary N) is 1. The first kappa shape index (κ1) is 35.8. The number of carbonyl (C=O) groups excluding carboxylic acids is 2. The van der Waals surface area contributed by atoms with Gasteiger partial charge in [-0.25, -0.2) is 4.79 Å². The molecule has 1 saturated heterocycles. The van der Waals surface area contributed by atoms with Gasteiger partial charge in [-0.15, -0.1) is 0 Å². The fourth-order valence-corrected chi connectivity index (χ4v) is 13.0. The van der Waals surface area contributed by atoms with Gasteiger partial charge in [0.25, 0.3) is 0 Å². The second-order valence-electron chi connectivity index (χ2n) is 17.5. The van der Waals surface area contributed by atoms with E-state index in [1.165, 1.54) is 58.5 Å². The predicted molar refractivity (Wildman–Crippen MR) is 211 cm³/mol. The number of aromatic amines is 1. The van der Waals surface area contributed by atoms with E-state index in [0.29, 0.717) is 12.3 Å². The van der Waals surface area contributed by atoms with E-state index in [9.17, 15) is 14.7 Å². The lowest BCUT2D eigenvalue weighted by atomic mass is 9.47. The summed E-state index contributed by atoms with van der Waals surface area (Å²) in [5.74, 6) is -0.893. The quantitative estimate of drug-likeness (QED) is 0.246. The molecule has 54 heavy (non-hydrogen) atoms. The van der Waals surface area contributed by atoms with Crippen LogP contribution in [0.3, 0.4) is 0 Å². The van der Waals surface area contributed by atoms with E-state index in [1.54, 1.807) is 0 Å². The Morgan fingerprint density at radius 1 is 1.09 bits per heavy atom. The Morgan fingerprint density at radius 2 is 1.89 bits per heavy atom. The zero-order chi connectivity index (χ0) is 37.9. The van der Waals surface area contributed by atoms with Crippen LogP contribution in [-0.4, -0.2) is 102 Å². The highest BCUT2D eigenvalue weighted by Crippen LogP contribution is 2.68. The topological polar surface area (TPSA) is 98.3 Å². The number of ether oxygens (including phenoxy) is 2. The summed E-state index contributed by atoms with van der Waals surface area (Å²) in [4.78, 5) is 38.5. The van der Waals surface area contributed by atoms with E-state index < -0.39 is 40.5 Å². The second-order valence-corrected chi connectivity index (χ2v) is 17.5. The number of esters is 2. The van der Waals surface area contributed by atoms with E-state index in [2.05, 4.69) is 102 Å². The SMILES string of the molecule is CCC1=C[C@H]2CN(CCc3c([nH]c4ccccc34)[C@@](C)(c3cc4c(cc3C)N(C)[C@H]3[C@@](O)(C(=O)OC)[C@H](OC(C)=O)[C@]5(CC)C=CCN6CC[C@]43[C@@H]65)C2)C1. The molecule has 0 radical (unpaired) electrons. The molecule has 9 atom stereocenters. The Hall–Kier alpha value is -3.92. The molecule has 286 valence electrons. The summed E-state index contributed by atoms with van der Waals surface area (Å²) in [5.41, 5.74) is 6.11. The highest BCUT2D eigenvalue weighted by Gasteiger charge is 2.80. The number of anilines is 1. The molecule has 0 amide bonds. The van der Waals surface area contributed by atoms with Crippen LogP contribution in [0.4, 0.5) is 5.69 Å². The minimum Gasteiger partial charge on any atom is -0.467 e. The van der Waals surface area contributed by atoms with Crippen LogP contribution in [0, 0.1) is 18.3 Å². The molecule has 9 heteroatoms. The molecule has 1 unspecified atom stereocenters. The number of carbonyl (C=O) groups is 2. The molecule has 5 aliphatic heterocycles. The molecule has 6 aliphatic rings. The Kier molecular flexibility index (Phi) is 8.14. The summed E-state index contributed by atoms with van der Waals surface area (Å²) < 4.78 is 11.7. The third kappa shape index (κ3) is 4.55. The number of para-hydroxylation sites is 1. The number of methoxy groups -OCH3 is 1. The lowest BCUT2D eigenvalue weighted by Crippen LogP contribution is -2.81. The van der Waals surface area contributed by atoms with Crippen molar-refractivity contribution in [1.82, 2.24) is 14.8 Å². The van der Waals surface area contributed by atoms with Crippen LogP contribution < -0.4 is 4.90 Å². The molecule has 1 aromatic heterocycles. The van der Waals surface area contributed by atoms with Crippen molar-refractivity contribution >= 4 is 28.5 Å². The number of aliphatic hydroxyl groups is 1. The van der Waals surface area contributed by atoms with Crippen LogP contribution in [0.1, 0.15) is 81.3 Å². The van der Waals surface area contributed by atoms with Crippen LogP contribution in [0.2, 0.25) is 0 Å². The summed E-state index contributed by atoms with van der Waals surface area (Å²) in [6.45, 7) is 15.1. The summed E-state index contributed by atoms with van der Waals surface area (Å²) in [7, 11) is 3.33. The van der Waals surface area contributed by atoms with Crippen molar-refractivity contribution in [3.63, 3.8) is 0 Å². The van der Waals surface area contributed by atoms with Gasteiger partial charge in [0.05, 0.1) is 13.2 Å². The lowest BCUT2D eigenvalue weighted by Gasteiger charge is -2.63. The van der Waals surface area contributed by atoms with Crippen molar-refractivity contribution in [2.45, 2.75) is 101 Å². The zero-order valence-electron chi connectivity index (χ0n) is 33.0. The molecular weight excluding hydrogens is 677 g/mol. The molecule has 2 aromatic carbocycles. The molecule has 1 aliphatic carbocycles. The fraction of sp³-hybridized carbons (Fsp3) is 0.556. The lowest BCUT2D eigenvalue weighted by molar-refractivity contribution is -0.228. The van der Waals surface area contributed by atoms with Crippen molar-refractivity contribution in [3.05, 3.63) is 88.1 Å². The maximum atomic E-state index is 14.3. The average Bonchev–Trinajstić information content (AvgIpc) is 3.82. The number of aromatic nitrogens is 1. The Balaban J connectivity index is 1.31. The minimum atomic E-state index is -2.13. The van der Waals surface area contributed by atoms with E-state index in [1.807, 2.05) is 7.05 Å². The first-order valence-corrected chi connectivity index (χ1v) is 20.2. The van der Waals surface area contributed by atoms with Crippen LogP contribution in [0.5, 0.6) is 0 Å². The molecule has 9 nitrogen and oxygen atoms in total. The molecular formula is C45H56N4O5. The summed E-state index contributed by atoms with van der Waals surface area (Å²) in [6.07, 6.45) is 10.0. The highest BCUT2D eigenvalue weighted by molar-refractivity contribution is 5.88. The van der Waals surface area contributed by atoms with Gasteiger partial charge >= 0.3 is 11.9 Å². The van der Waals surface area contributed by atoms with Gasteiger partial charge in [-0.1, -0.05) is 61.9 Å². The average molecular weight is 733 g/mol. The normalized spacial score (nSPS) is 36.6. The van der Waals surface area contributed by atoms with E-state index in [4.69, 9.17) is 9.47 Å². The molecule has 2 fully saturated rings. The van der Waals surface area contributed by atoms with Crippen molar-refractivity contribution < 1.29 is 24.2 Å². The van der Waals surface area contributed by atoms with Crippen molar-refractivity contribution in [3.8, 4) is 0 Å². The number of nitrogens with zero attached hydrogens (tertiary/aromatic N) is 3. The first-order chi connectivity index (χ1) is 25.9. The standard InChI is InChI=1S/C45H56N4O5/c1-8-29-22-30-24-42(5,37-32(15-19-48(25-29)26-30)31-13-10-11-14-35(31)46-37)33-23-34-36(21-27(33)3)47(6)39-44(34)17-20-49-18-12-16-43(9-2,38(44)49)40(54-28(4)50)45(39,52)41(51)53-7/h10-14,16,21-23,30,38-40,46,52H,8-9,15,17-20,24-26H2,1-7H3/t30-,38+,39-,40-,42-,43-,44-,45+/m1/s1. The molecule has 1 spiro atoms. The molecule has 9 rings (SSSR count). The maximum absolute atomic E-state index is 14.3. The minimum absolute atomic E-state index is 0.113. The molecule has 1 saturated carbocycles. The molecule has 3 aromatic rings. The monoisotopic (exact) mass is 732 g/mol. The van der Waals surface area contributed by atoms with Crippen LogP contribution in [0.25, 0.3) is 10.9 Å². The third-order valence-corrected chi connectivity index (χ3v) is 14.9. The van der Waals surface area contributed by atoms with Gasteiger partial charge in [-0.05, 0) is 92.8 Å². The third-order valence-electron chi connectivity index (χ3n) is 14.9. The van der Waals surface area contributed by atoms with Crippen molar-refractivity contribution in [2.75, 3.05) is 51.8 Å². The predicted octanol–water partition coefficient (Wildman–Crippen LogP) is 5.94. The van der Waals surface area contributed by atoms with Gasteiger partial charge in [0, 0.05) is 84.7 Å². The number of likely N-dealkylation sites (N-methyl/N-ethyl adjacent to an activating group) is 1. The van der Waals surface area contributed by atoms with Gasteiger partial charge in [0.1, 0.15) is 0 Å². The van der Waals surface area contributed by atoms with E-state index in [0.717, 1.165) is 64.1 Å². The Labute approximate surface area is 319 Å². The Bertz CT molecular complexity index is 2120. The van der Waals surface area contributed by atoms with Gasteiger partial charge in [0.2, 0.25) is 5.60 Å². The largest absolute Gasteiger partial charge is 0.467 e. The summed E-state index contributed by atoms with van der Waals surface area (Å²) in [6, 6.07) is 12.7. The van der Waals surface area contributed by atoms with Crippen molar-refractivity contribution in [1.29, 1.82) is 0 Å². The first-order valence-electron chi connectivity index (χ1n) is 20.2. The number of rotatable bonds is 5. The van der Waals surface area contributed by atoms with Gasteiger partial charge in [-0.2, -0.15) is 0 Å². The highest BCUT2D eigenvalue weighted by atomic mass is 16.6. The number of hydrogen-bond donors (Lipinski definition) is 2. The van der Waals surface area contributed by atoms with Crippen LogP contribution >= 0.6 is 0 Å². The molecule has 2 N–H and O–H groups in total. The smallest absolute Gasteiger partial charge is 0.344 e. The number of aryl methyl sites for hydroxylation is 1. The Morgan fingerprint density at radius 3 is 2.63 bits per heavy atom. The van der Waals surface area contributed by atoms with E-state index in [-0.39, 0.29) is 11.5 Å². The van der Waals surface area contributed by atoms with Crippen molar-refractivity contribution in [2.24, 2.45) is 11.3 Å². The molecule has 2 bridgehead atoms. The van der Waals surface area contributed by atoms with Gasteiger partial charge < -0.3 is 24.5 Å². The number of H-pyrrole nitrogens is 1. The van der Waals surface area contributed by atoms with Crippen LogP contribution in [-0.2, 0) is 36.3 Å². The summed E-state index contributed by atoms with van der Waals surface area (Å²) >= 11 is 0. The van der Waals surface area contributed by atoms with Gasteiger partial charge in [-0.3, -0.25) is 14.6 Å². The van der Waals surface area contributed by atoms with Crippen LogP contribution in [0.15, 0.2) is 60.2 Å². The molecule has 6 heterocycles. The number of fused-ring (bicyclic) bond motifs is 6. The zero-order valence-corrected chi connectivity index (χ0v) is 33.0. The maximum Gasteiger partial charge on any atom is 0.344 e. The summed E-state index contributed by atoms with van der Waals surface area (Å²) in [5, 5.41) is 14.5. The number of benzene rings is 2.